The van der Waals surface area contributed by atoms with Crippen LogP contribution in [0.1, 0.15) is 149 Å². The number of carbonyl (C=O) groups is 2. The Morgan fingerprint density at radius 1 is 0.444 bits per heavy atom. The topological polar surface area (TPSA) is 61.8 Å². The number of hydrogen-bond acceptors (Lipinski definition) is 5. The second-order valence-corrected chi connectivity index (χ2v) is 13.2. The summed E-state index contributed by atoms with van der Waals surface area (Å²) in [6.45, 7) is 7.20. The van der Waals surface area contributed by atoms with Gasteiger partial charge >= 0.3 is 11.9 Å². The lowest BCUT2D eigenvalue weighted by molar-refractivity contribution is -0.162. The smallest absolute Gasteiger partial charge is 0.309 e. The van der Waals surface area contributed by atoms with E-state index in [2.05, 4.69) is 130 Å². The van der Waals surface area contributed by atoms with Crippen LogP contribution >= 0.6 is 0 Å². The fourth-order valence-electron chi connectivity index (χ4n) is 5.00. The zero-order valence-electron chi connectivity index (χ0n) is 34.4. The first-order valence-electron chi connectivity index (χ1n) is 21.1. The van der Waals surface area contributed by atoms with Gasteiger partial charge in [0, 0.05) is 6.42 Å². The van der Waals surface area contributed by atoms with Crippen LogP contribution in [0.3, 0.4) is 0 Å². The van der Waals surface area contributed by atoms with E-state index in [1.54, 1.807) is 0 Å². The maximum atomic E-state index is 12.6. The highest BCUT2D eigenvalue weighted by Crippen LogP contribution is 2.10. The van der Waals surface area contributed by atoms with E-state index < -0.39 is 6.10 Å². The molecule has 0 aromatic rings. The van der Waals surface area contributed by atoms with Crippen molar-refractivity contribution < 1.29 is 23.8 Å². The second kappa shape index (κ2) is 43.7. The number of ether oxygens (including phenoxy) is 3. The van der Waals surface area contributed by atoms with Crippen molar-refractivity contribution in [2.45, 2.75) is 155 Å². The molecule has 0 aliphatic rings. The van der Waals surface area contributed by atoms with Gasteiger partial charge in [-0.25, -0.2) is 0 Å². The quantitative estimate of drug-likeness (QED) is 0.0363. The molecule has 0 radical (unpaired) electrons. The molecule has 0 saturated carbocycles. The molecule has 0 aromatic heterocycles. The first kappa shape index (κ1) is 50.3. The molecule has 0 heterocycles. The highest BCUT2D eigenvalue weighted by molar-refractivity contribution is 5.71. The Hall–Kier alpha value is -3.70. The SMILES string of the molecule is CC/C=C\C/C=C\C/C=C\C/C=C\C/C=C\CCOCC(COC(=O)C/C=C\C/C=C\C/C=C\C/C=C\C/C=C\CC)OC(=O)CCCCCCCCC. The van der Waals surface area contributed by atoms with Crippen LogP contribution in [0.5, 0.6) is 0 Å². The number of esters is 2. The minimum Gasteiger partial charge on any atom is -0.461 e. The van der Waals surface area contributed by atoms with Gasteiger partial charge in [0.1, 0.15) is 6.61 Å². The van der Waals surface area contributed by atoms with Crippen LogP contribution in [-0.2, 0) is 23.8 Å². The maximum Gasteiger partial charge on any atom is 0.309 e. The van der Waals surface area contributed by atoms with Crippen molar-refractivity contribution in [1.82, 2.24) is 0 Å². The van der Waals surface area contributed by atoms with Crippen molar-refractivity contribution in [3.63, 3.8) is 0 Å². The molecule has 5 heteroatoms. The van der Waals surface area contributed by atoms with Gasteiger partial charge in [-0.2, -0.15) is 0 Å². The van der Waals surface area contributed by atoms with E-state index in [9.17, 15) is 9.59 Å². The van der Waals surface area contributed by atoms with Crippen molar-refractivity contribution in [2.24, 2.45) is 0 Å². The third kappa shape index (κ3) is 41.1. The molecule has 0 spiro atoms. The van der Waals surface area contributed by atoms with Gasteiger partial charge < -0.3 is 14.2 Å². The lowest BCUT2D eigenvalue weighted by Crippen LogP contribution is -2.30. The second-order valence-electron chi connectivity index (χ2n) is 13.2. The third-order valence-corrected chi connectivity index (χ3v) is 8.05. The zero-order valence-corrected chi connectivity index (χ0v) is 34.4. The first-order chi connectivity index (χ1) is 26.6. The number of unbranched alkanes of at least 4 members (excludes halogenated alkanes) is 6. The molecular formula is C49H76O5. The molecule has 302 valence electrons. The average Bonchev–Trinajstić information content (AvgIpc) is 3.17. The molecule has 0 aromatic carbocycles. The van der Waals surface area contributed by atoms with Crippen molar-refractivity contribution >= 4 is 11.9 Å². The van der Waals surface area contributed by atoms with Crippen molar-refractivity contribution in [2.75, 3.05) is 19.8 Å². The lowest BCUT2D eigenvalue weighted by Gasteiger charge is -2.18. The molecule has 0 aliphatic carbocycles. The monoisotopic (exact) mass is 745 g/mol. The van der Waals surface area contributed by atoms with Gasteiger partial charge in [0.15, 0.2) is 6.10 Å². The summed E-state index contributed by atoms with van der Waals surface area (Å²) >= 11 is 0. The van der Waals surface area contributed by atoms with Gasteiger partial charge in [-0.1, -0.05) is 181 Å². The molecular weight excluding hydrogens is 669 g/mol. The molecule has 0 bridgehead atoms. The summed E-state index contributed by atoms with van der Waals surface area (Å²) in [5.74, 6) is -0.604. The Bertz CT molecular complexity index is 1160. The molecule has 1 unspecified atom stereocenters. The van der Waals surface area contributed by atoms with Gasteiger partial charge in [-0.3, -0.25) is 9.59 Å². The van der Waals surface area contributed by atoms with E-state index >= 15 is 0 Å². The van der Waals surface area contributed by atoms with E-state index in [4.69, 9.17) is 14.2 Å². The van der Waals surface area contributed by atoms with E-state index in [1.165, 1.54) is 25.7 Å². The predicted molar refractivity (Wildman–Crippen MR) is 232 cm³/mol. The first-order valence-corrected chi connectivity index (χ1v) is 21.1. The zero-order chi connectivity index (χ0) is 39.3. The summed E-state index contributed by atoms with van der Waals surface area (Å²) in [7, 11) is 0. The van der Waals surface area contributed by atoms with Crippen LogP contribution in [0.15, 0.2) is 122 Å². The Morgan fingerprint density at radius 2 is 0.852 bits per heavy atom. The normalized spacial score (nSPS) is 13.5. The van der Waals surface area contributed by atoms with E-state index in [1.807, 2.05) is 12.2 Å². The fourth-order valence-corrected chi connectivity index (χ4v) is 5.00. The number of rotatable bonds is 36. The summed E-state index contributed by atoms with van der Waals surface area (Å²) in [6, 6.07) is 0. The molecule has 5 nitrogen and oxygen atoms in total. The number of carbonyl (C=O) groups excluding carboxylic acids is 2. The van der Waals surface area contributed by atoms with Gasteiger partial charge in [-0.05, 0) is 77.0 Å². The molecule has 54 heavy (non-hydrogen) atoms. The van der Waals surface area contributed by atoms with Crippen molar-refractivity contribution in [3.8, 4) is 0 Å². The molecule has 0 fully saturated rings. The Morgan fingerprint density at radius 3 is 1.31 bits per heavy atom. The highest BCUT2D eigenvalue weighted by atomic mass is 16.6. The minimum atomic E-state index is -0.618. The van der Waals surface area contributed by atoms with Crippen LogP contribution < -0.4 is 0 Å². The average molecular weight is 745 g/mol. The standard InChI is InChI=1S/C49H76O5/c1-4-7-10-13-16-18-20-22-24-26-28-30-32-35-38-41-44-52-45-47(54-49(51)43-40-37-33-15-12-9-6-3)46-53-48(50)42-39-36-34-31-29-27-25-23-21-19-17-14-11-8-5-2/h7-8,10-11,16-19,22-25,28-31,35-36,38-39,47H,4-6,9,12-15,20-21,26-27,32-34,37,40-46H2,1-3H3/b10-7-,11-8-,18-16-,19-17-,24-22-,25-23-,30-28-,31-29-,38-35-,39-36-. The van der Waals surface area contributed by atoms with E-state index in [0.717, 1.165) is 89.9 Å². The number of hydrogen-bond donors (Lipinski definition) is 0. The molecule has 0 N–H and O–H groups in total. The van der Waals surface area contributed by atoms with Crippen LogP contribution in [-0.4, -0.2) is 37.9 Å². The highest BCUT2D eigenvalue weighted by Gasteiger charge is 2.17. The van der Waals surface area contributed by atoms with Gasteiger partial charge in [0.2, 0.25) is 0 Å². The van der Waals surface area contributed by atoms with Gasteiger partial charge in [0.25, 0.3) is 0 Å². The van der Waals surface area contributed by atoms with Crippen molar-refractivity contribution in [3.05, 3.63) is 122 Å². The summed E-state index contributed by atoms with van der Waals surface area (Å²) in [5.41, 5.74) is 0. The number of allylic oxidation sites excluding steroid dienone is 18. The Balaban J connectivity index is 4.47. The Kier molecular flexibility index (Phi) is 40.7. The predicted octanol–water partition coefficient (Wildman–Crippen LogP) is 13.9. The van der Waals surface area contributed by atoms with Gasteiger partial charge in [-0.15, -0.1) is 0 Å². The van der Waals surface area contributed by atoms with Gasteiger partial charge in [0.05, 0.1) is 19.6 Å². The van der Waals surface area contributed by atoms with Crippen LogP contribution in [0.4, 0.5) is 0 Å². The fraction of sp³-hybridized carbons (Fsp3) is 0.551. The maximum absolute atomic E-state index is 12.6. The van der Waals surface area contributed by atoms with Crippen molar-refractivity contribution in [1.29, 1.82) is 0 Å². The Labute approximate surface area is 331 Å². The third-order valence-electron chi connectivity index (χ3n) is 8.05. The summed E-state index contributed by atoms with van der Waals surface area (Å²) in [5, 5.41) is 0. The minimum absolute atomic E-state index is 0.00598. The lowest BCUT2D eigenvalue weighted by atomic mass is 10.1. The molecule has 1 atom stereocenters. The van der Waals surface area contributed by atoms with Crippen LogP contribution in [0.2, 0.25) is 0 Å². The van der Waals surface area contributed by atoms with E-state index in [0.29, 0.717) is 13.0 Å². The summed E-state index contributed by atoms with van der Waals surface area (Å²) in [4.78, 5) is 25.0. The largest absolute Gasteiger partial charge is 0.461 e. The summed E-state index contributed by atoms with van der Waals surface area (Å²) in [6.07, 6.45) is 61.1. The van der Waals surface area contributed by atoms with Crippen LogP contribution in [0.25, 0.3) is 0 Å². The van der Waals surface area contributed by atoms with Crippen LogP contribution in [0, 0.1) is 0 Å². The summed E-state index contributed by atoms with van der Waals surface area (Å²) < 4.78 is 17.0. The molecule has 0 amide bonds. The van der Waals surface area contributed by atoms with E-state index in [-0.39, 0.29) is 31.6 Å². The molecule has 0 rings (SSSR count). The molecule has 0 aliphatic heterocycles. The molecule has 0 saturated heterocycles.